The molecule has 13 atom stereocenters. The first kappa shape index (κ1) is 83.8. The molecule has 26 nitrogen and oxygen atoms in total. The first-order chi connectivity index (χ1) is 42.5. The molecule has 0 unspecified atom stereocenters. The van der Waals surface area contributed by atoms with Gasteiger partial charge in [-0.2, -0.15) is 0 Å². The lowest BCUT2D eigenvalue weighted by molar-refractivity contribution is -0.157. The largest absolute Gasteiger partial charge is 0.396 e. The normalized spacial score (nSPS) is 26.7. The fraction of sp³-hybridized carbons (Fsp3) is 0.803. The highest BCUT2D eigenvalue weighted by molar-refractivity contribution is 6.00. The summed E-state index contributed by atoms with van der Waals surface area (Å²) in [6.07, 6.45) is 2.25. The van der Waals surface area contributed by atoms with Crippen LogP contribution in [0.3, 0.4) is 0 Å². The molecule has 0 aromatic carbocycles. The number of carbonyl (C=O) groups is 11. The van der Waals surface area contributed by atoms with E-state index in [0.29, 0.717) is 0 Å². The number of hydrogen-bond donors (Lipinski definition) is 7. The zero-order valence-corrected chi connectivity index (χ0v) is 60.0. The van der Waals surface area contributed by atoms with Crippen molar-refractivity contribution in [3.8, 4) is 0 Å². The summed E-state index contributed by atoms with van der Waals surface area (Å²) in [4.78, 5) is 171. The number of ether oxygens (including phenoxy) is 1. The number of amides is 11. The van der Waals surface area contributed by atoms with Crippen molar-refractivity contribution in [1.29, 1.82) is 0 Å². The fourth-order valence-corrected chi connectivity index (χ4v) is 11.3. The van der Waals surface area contributed by atoms with Crippen LogP contribution in [0.25, 0.3) is 0 Å². The maximum atomic E-state index is 15.3. The van der Waals surface area contributed by atoms with Crippen molar-refractivity contribution in [2.45, 2.75) is 241 Å². The molecule has 92 heavy (non-hydrogen) atoms. The molecular formula is C66H119N11O15. The number of aliphatic hydroxyl groups is 3. The van der Waals surface area contributed by atoms with Gasteiger partial charge < -0.3 is 75.6 Å². The molecule has 1 aliphatic heterocycles. The predicted molar refractivity (Wildman–Crippen MR) is 351 cm³/mol. The molecule has 0 aromatic rings. The van der Waals surface area contributed by atoms with Crippen molar-refractivity contribution in [2.75, 3.05) is 69.2 Å². The Labute approximate surface area is 549 Å². The standard InChI is InChI=1S/C66H119N11O15/c1-25-27-29-42(13)54(79)53-58(83)69-45(26-2)60(85)75(22)50(36-92-31-28-30-78)63(88)74(21)49(35-66(16,17)91)57(82)70-51(40(9)10)64(89)71(18)46(32-37(3)4)56(81)67-43(14)55(80)68-44(15)59(84)72(19)47(33-38(5)6)61(86)73(20)48(34-39(7)8)62(87)76(23)52(41(11)12)65(90)77(53)24/h25,27,37-54,78-79,91H,26,28-36H2,1-24H3,(H,67,81)(H,68,80)(H,69,83)(H,70,82)/t42-,43+,44-,45+,46+,47+,48+,49+,50-,51+,52+,53+,54-/m1/s1. The van der Waals surface area contributed by atoms with E-state index in [1.807, 2.05) is 41.5 Å². The third kappa shape index (κ3) is 23.9. The monoisotopic (exact) mass is 1310 g/mol. The van der Waals surface area contributed by atoms with Crippen LogP contribution in [0.5, 0.6) is 0 Å². The van der Waals surface area contributed by atoms with Gasteiger partial charge in [0, 0.05) is 69.0 Å². The molecule has 0 bridgehead atoms. The number of allylic oxidation sites excluding steroid dienone is 2. The van der Waals surface area contributed by atoms with E-state index in [9.17, 15) is 44.1 Å². The molecule has 0 spiro atoms. The van der Waals surface area contributed by atoms with Crippen LogP contribution in [0.2, 0.25) is 0 Å². The molecule has 0 aliphatic carbocycles. The Morgan fingerprint density at radius 3 is 1.41 bits per heavy atom. The van der Waals surface area contributed by atoms with Gasteiger partial charge in [0.25, 0.3) is 0 Å². The summed E-state index contributed by atoms with van der Waals surface area (Å²) >= 11 is 0. The number of aliphatic hydroxyl groups excluding tert-OH is 2. The molecule has 7 N–H and O–H groups in total. The van der Waals surface area contributed by atoms with Gasteiger partial charge in [0.2, 0.25) is 65.0 Å². The van der Waals surface area contributed by atoms with Crippen LogP contribution in [0.4, 0.5) is 0 Å². The summed E-state index contributed by atoms with van der Waals surface area (Å²) in [5.74, 6) is -10.9. The quantitative estimate of drug-likeness (QED) is 0.0679. The van der Waals surface area contributed by atoms with E-state index in [1.54, 1.807) is 60.6 Å². The Bertz CT molecular complexity index is 2500. The molecule has 1 rings (SSSR count). The van der Waals surface area contributed by atoms with E-state index >= 15 is 24.0 Å². The van der Waals surface area contributed by atoms with Crippen LogP contribution in [0.1, 0.15) is 163 Å². The van der Waals surface area contributed by atoms with E-state index in [4.69, 9.17) is 4.74 Å². The molecule has 528 valence electrons. The minimum absolute atomic E-state index is 0.0611. The first-order valence-electron chi connectivity index (χ1n) is 32.8. The van der Waals surface area contributed by atoms with Gasteiger partial charge in [-0.1, -0.05) is 95.2 Å². The van der Waals surface area contributed by atoms with Crippen LogP contribution in [-0.4, -0.2) is 262 Å². The molecular weight excluding hydrogens is 1190 g/mol. The molecule has 0 radical (unpaired) electrons. The molecule has 0 aromatic heterocycles. The fourth-order valence-electron chi connectivity index (χ4n) is 11.3. The van der Waals surface area contributed by atoms with Crippen molar-refractivity contribution in [1.82, 2.24) is 55.6 Å². The third-order valence-corrected chi connectivity index (χ3v) is 17.1. The molecule has 1 aliphatic rings. The molecule has 1 heterocycles. The van der Waals surface area contributed by atoms with Gasteiger partial charge >= 0.3 is 0 Å². The third-order valence-electron chi connectivity index (χ3n) is 17.1. The highest BCUT2D eigenvalue weighted by atomic mass is 16.5. The minimum Gasteiger partial charge on any atom is -0.396 e. The first-order valence-corrected chi connectivity index (χ1v) is 32.8. The SMILES string of the molecule is CC=CC[C@@H](C)[C@@H](O)[C@H]1C(=O)N[C@@H](CC)C(=O)N(C)[C@H](COCCCO)C(=O)N(C)[C@@H](CC(C)(C)O)C(=O)N[C@@H](C(C)C)C(=O)N(C)[C@@H](CC(C)C)C(=O)N[C@@H](C)C(=O)N[C@H](C)C(=O)N(C)[C@@H](CC(C)C)C(=O)N(C)[C@@H](CC(C)C)C(=O)N(C)[C@@H](C(C)C)C(=O)N1C. The second-order valence-corrected chi connectivity index (χ2v) is 27.8. The van der Waals surface area contributed by atoms with Crippen molar-refractivity contribution in [2.24, 2.45) is 35.5 Å². The minimum atomic E-state index is -1.69. The zero-order chi connectivity index (χ0) is 71.3. The van der Waals surface area contributed by atoms with Crippen LogP contribution in [-0.2, 0) is 57.5 Å². The molecule has 0 saturated carbocycles. The number of hydrogen-bond acceptors (Lipinski definition) is 15. The number of rotatable bonds is 20. The van der Waals surface area contributed by atoms with Gasteiger partial charge in [0.05, 0.1) is 18.3 Å². The van der Waals surface area contributed by atoms with Crippen LogP contribution in [0.15, 0.2) is 12.2 Å². The van der Waals surface area contributed by atoms with Crippen molar-refractivity contribution in [3.63, 3.8) is 0 Å². The smallest absolute Gasteiger partial charge is 0.248 e. The average molecular weight is 1310 g/mol. The van der Waals surface area contributed by atoms with E-state index < -0.39 is 174 Å². The van der Waals surface area contributed by atoms with Crippen molar-refractivity contribution in [3.05, 3.63) is 12.2 Å². The summed E-state index contributed by atoms with van der Waals surface area (Å²) in [6, 6.07) is -14.9. The molecule has 11 amide bonds. The average Bonchev–Trinajstić information content (AvgIpc) is 0.865. The topological polar surface area (TPSA) is 328 Å². The Balaban J connectivity index is 4.55. The lowest BCUT2D eigenvalue weighted by atomic mass is 9.91. The van der Waals surface area contributed by atoms with Gasteiger partial charge in [0.1, 0.15) is 66.5 Å². The number of nitrogens with one attached hydrogen (secondary N) is 4. The molecule has 1 saturated heterocycles. The van der Waals surface area contributed by atoms with E-state index in [1.165, 1.54) is 96.6 Å². The van der Waals surface area contributed by atoms with Gasteiger partial charge in [-0.05, 0) is 109 Å². The zero-order valence-electron chi connectivity index (χ0n) is 60.0. The number of carbonyl (C=O) groups excluding carboxylic acids is 11. The van der Waals surface area contributed by atoms with Crippen LogP contribution < -0.4 is 21.3 Å². The maximum absolute atomic E-state index is 15.3. The molecule has 26 heteroatoms. The van der Waals surface area contributed by atoms with Gasteiger partial charge in [-0.15, -0.1) is 0 Å². The predicted octanol–water partition coefficient (Wildman–Crippen LogP) is 2.15. The lowest BCUT2D eigenvalue weighted by Crippen LogP contribution is -2.64. The van der Waals surface area contributed by atoms with E-state index in [2.05, 4.69) is 21.3 Å². The van der Waals surface area contributed by atoms with Crippen molar-refractivity contribution < 1.29 is 72.8 Å². The van der Waals surface area contributed by atoms with Crippen molar-refractivity contribution >= 4 is 65.0 Å². The Morgan fingerprint density at radius 1 is 0.511 bits per heavy atom. The second-order valence-electron chi connectivity index (χ2n) is 27.8. The summed E-state index contributed by atoms with van der Waals surface area (Å²) < 4.78 is 5.86. The Kier molecular flexibility index (Phi) is 34.8. The van der Waals surface area contributed by atoms with Gasteiger partial charge in [-0.3, -0.25) is 52.7 Å². The highest BCUT2D eigenvalue weighted by Crippen LogP contribution is 2.26. The van der Waals surface area contributed by atoms with Gasteiger partial charge in [0.15, 0.2) is 0 Å². The van der Waals surface area contributed by atoms with E-state index in [-0.39, 0.29) is 69.5 Å². The van der Waals surface area contributed by atoms with Crippen LogP contribution in [0, 0.1) is 35.5 Å². The Morgan fingerprint density at radius 2 is 0.946 bits per heavy atom. The Hall–Kier alpha value is -6.25. The van der Waals surface area contributed by atoms with Crippen LogP contribution >= 0.6 is 0 Å². The maximum Gasteiger partial charge on any atom is 0.248 e. The lowest BCUT2D eigenvalue weighted by Gasteiger charge is -2.41. The summed E-state index contributed by atoms with van der Waals surface area (Å²) in [7, 11) is 9.57. The molecule has 1 fully saturated rings. The highest BCUT2D eigenvalue weighted by Gasteiger charge is 2.47. The summed E-state index contributed by atoms with van der Waals surface area (Å²) in [6.45, 7) is 27.7. The summed E-state index contributed by atoms with van der Waals surface area (Å²) in [5, 5.41) is 44.0. The number of likely N-dealkylation sites (N-methyl/N-ethyl adjacent to an activating group) is 7. The van der Waals surface area contributed by atoms with Gasteiger partial charge in [-0.25, -0.2) is 0 Å². The number of nitrogens with zero attached hydrogens (tertiary/aromatic N) is 7. The van der Waals surface area contributed by atoms with E-state index in [0.717, 1.165) is 14.7 Å². The second kappa shape index (κ2) is 38.2. The summed E-state index contributed by atoms with van der Waals surface area (Å²) in [5.41, 5.74) is -1.63.